The van der Waals surface area contributed by atoms with E-state index in [1.807, 2.05) is 0 Å². The Labute approximate surface area is 207 Å². The minimum Gasteiger partial charge on any atom is -0.492 e. The van der Waals surface area contributed by atoms with Crippen LogP contribution in [0.4, 0.5) is 21.6 Å². The van der Waals surface area contributed by atoms with E-state index < -0.39 is 11.5 Å². The summed E-state index contributed by atoms with van der Waals surface area (Å²) in [7, 11) is 1.27. The van der Waals surface area contributed by atoms with Gasteiger partial charge in [-0.05, 0) is 19.1 Å². The van der Waals surface area contributed by atoms with Gasteiger partial charge in [-0.3, -0.25) is 10.1 Å². The van der Waals surface area contributed by atoms with E-state index in [9.17, 15) is 14.7 Å². The zero-order chi connectivity index (χ0) is 22.5. The van der Waals surface area contributed by atoms with Gasteiger partial charge in [0.05, 0.1) is 12.8 Å². The maximum atomic E-state index is 12.6. The van der Waals surface area contributed by atoms with Gasteiger partial charge in [0.25, 0.3) is 5.91 Å². The molecule has 0 bridgehead atoms. The summed E-state index contributed by atoms with van der Waals surface area (Å²) in [5, 5.41) is 28.5. The standard InChI is InChI=1S/C18H17N7O5S.Cm.Pu/c1-9(2)25(19-3)18-24-23-17(31-18)22-15(27)12-8-11(13(29-4)16(28)30-12)21-10-6-5-7-20-14(10)26;;/h5-8,21H,1,3H2,2,4H3,(H,20,26)(H,22,23,27);;. The number of carbonyl (C=O) groups is 1. The SMILES string of the molecule is C=NN(C(=C)C)c1nnc(NC(=O)c2cc(Nc3cccnc3O)c(OC)c(=O)o2)s1.[Cm].[Pu]. The maximum Gasteiger partial charge on any atom is 0.381 e. The fourth-order valence-corrected chi connectivity index (χ4v) is 3.15. The van der Waals surface area contributed by atoms with E-state index in [4.69, 9.17) is 9.15 Å². The molecule has 3 heterocycles. The zero-order valence-corrected chi connectivity index (χ0v) is 24.4. The van der Waals surface area contributed by atoms with Gasteiger partial charge in [0, 0.05) is 53.9 Å². The van der Waals surface area contributed by atoms with Crippen molar-refractivity contribution in [3.8, 4) is 11.6 Å². The summed E-state index contributed by atoms with van der Waals surface area (Å²) in [5.74, 6) is -1.57. The van der Waals surface area contributed by atoms with Crippen LogP contribution in [0.1, 0.15) is 17.5 Å². The summed E-state index contributed by atoms with van der Waals surface area (Å²) in [6.07, 6.45) is 1.39. The molecule has 0 aromatic carbocycles. The normalized spacial score (nSPS) is 9.64. The van der Waals surface area contributed by atoms with Crippen molar-refractivity contribution in [2.24, 2.45) is 5.10 Å². The predicted molar refractivity (Wildman–Crippen MR) is 115 cm³/mol. The molecule has 1 amide bonds. The van der Waals surface area contributed by atoms with Crippen LogP contribution in [0.3, 0.4) is 0 Å². The minimum atomic E-state index is -0.900. The van der Waals surface area contributed by atoms with Crippen molar-refractivity contribution in [2.75, 3.05) is 22.8 Å². The molecule has 0 atom stereocenters. The number of pyridine rings is 1. The van der Waals surface area contributed by atoms with Crippen LogP contribution in [0.5, 0.6) is 11.6 Å². The van der Waals surface area contributed by atoms with E-state index in [1.165, 1.54) is 30.4 Å². The monoisotopic (exact) mass is 924 g/mol. The number of hydrogen-bond acceptors (Lipinski definition) is 12. The molecule has 0 aliphatic heterocycles. The van der Waals surface area contributed by atoms with Crippen LogP contribution in [0.2, 0.25) is 0 Å². The summed E-state index contributed by atoms with van der Waals surface area (Å²) in [5.41, 5.74) is -0.0550. The van der Waals surface area contributed by atoms with Crippen molar-refractivity contribution in [1.29, 1.82) is 0 Å². The van der Waals surface area contributed by atoms with Gasteiger partial charge in [-0.1, -0.05) is 17.9 Å². The van der Waals surface area contributed by atoms with Gasteiger partial charge in [-0.25, -0.2) is 14.8 Å². The average Bonchev–Trinajstić information content (AvgIpc) is 3.17. The molecule has 0 fully saturated rings. The number of methoxy groups -OCH3 is 1. The third-order valence-corrected chi connectivity index (χ3v) is 4.53. The van der Waals surface area contributed by atoms with E-state index in [0.29, 0.717) is 10.8 Å². The average molecular weight is 934 g/mol. The molecule has 174 valence electrons. The van der Waals surface area contributed by atoms with Crippen molar-refractivity contribution in [1.82, 2.24) is 15.2 Å². The summed E-state index contributed by atoms with van der Waals surface area (Å²) < 4.78 is 10.1. The number of aromatic hydroxyl groups is 1. The number of aromatic nitrogens is 3. The van der Waals surface area contributed by atoms with E-state index >= 15 is 0 Å². The number of hydrogen-bond donors (Lipinski definition) is 3. The Balaban J connectivity index is 0.00000272. The second kappa shape index (κ2) is 11.4. The minimum absolute atomic E-state index is 0. The smallest absolute Gasteiger partial charge is 0.381 e. The summed E-state index contributed by atoms with van der Waals surface area (Å²) in [4.78, 5) is 28.6. The van der Waals surface area contributed by atoms with Gasteiger partial charge < -0.3 is 19.6 Å². The summed E-state index contributed by atoms with van der Waals surface area (Å²) >= 11 is 1.01. The van der Waals surface area contributed by atoms with Crippen molar-refractivity contribution < 1.29 is 48.2 Å². The molecule has 15 heteroatoms. The Kier molecular flexibility index (Phi) is 9.23. The van der Waals surface area contributed by atoms with Crippen LogP contribution < -0.4 is 26.0 Å². The van der Waals surface area contributed by atoms with E-state index in [0.717, 1.165) is 11.3 Å². The molecule has 12 nitrogen and oxygen atoms in total. The molecule has 0 saturated carbocycles. The molecule has 0 aliphatic carbocycles. The molecule has 3 rings (SSSR count). The topological polar surface area (TPSA) is 155 Å². The second-order valence-corrected chi connectivity index (χ2v) is 6.83. The fourth-order valence-electron chi connectivity index (χ4n) is 2.37. The number of hydrazone groups is 1. The van der Waals surface area contributed by atoms with E-state index in [-0.39, 0.29) is 63.1 Å². The first-order valence-electron chi connectivity index (χ1n) is 8.54. The second-order valence-electron chi connectivity index (χ2n) is 5.88. The number of rotatable bonds is 8. The quantitative estimate of drug-likeness (QED) is 0.227. The van der Waals surface area contributed by atoms with Crippen molar-refractivity contribution >= 4 is 45.6 Å². The summed E-state index contributed by atoms with van der Waals surface area (Å²) in [6, 6.07) is 4.35. The molecule has 3 aromatic rings. The van der Waals surface area contributed by atoms with E-state index in [1.54, 1.807) is 13.0 Å². The zero-order valence-electron chi connectivity index (χ0n) is 17.2. The number of amides is 1. The molecule has 0 aliphatic rings. The Bertz CT molecular complexity index is 1220. The third kappa shape index (κ3) is 5.91. The first kappa shape index (κ1) is 26.8. The maximum absolute atomic E-state index is 12.6. The molecule has 0 unspecified atom stereocenters. The van der Waals surface area contributed by atoms with Crippen LogP contribution >= 0.6 is 11.3 Å². The Morgan fingerprint density at radius 2 is 2.09 bits per heavy atom. The van der Waals surface area contributed by atoms with Crippen molar-refractivity contribution in [2.45, 2.75) is 6.92 Å². The molecule has 0 spiro atoms. The number of nitrogens with zero attached hydrogens (tertiary/aromatic N) is 5. The van der Waals surface area contributed by atoms with E-state index in [2.05, 4.69) is 44.2 Å². The first-order valence-corrected chi connectivity index (χ1v) is 9.36. The van der Waals surface area contributed by atoms with Gasteiger partial charge >= 0.3 is 5.63 Å². The third-order valence-electron chi connectivity index (χ3n) is 3.71. The van der Waals surface area contributed by atoms with Crippen LogP contribution in [0.25, 0.3) is 0 Å². The molecule has 0 saturated heterocycles. The van der Waals surface area contributed by atoms with Crippen LogP contribution in [0.15, 0.2) is 51.0 Å². The first-order chi connectivity index (χ1) is 14.8. The molecule has 3 aromatic heterocycles. The largest absolute Gasteiger partial charge is 0.492 e. The molecular formula is C18H17CmN7O5PuS. The molecule has 0 radical (unpaired) electrons. The molecular weight excluding hydrogens is 917 g/mol. The Hall–Kier alpha value is -4.27. The fraction of sp³-hybridized carbons (Fsp3) is 0.111. The van der Waals surface area contributed by atoms with Crippen molar-refractivity contribution in [3.05, 3.63) is 52.9 Å². The van der Waals surface area contributed by atoms with Gasteiger partial charge in [0.15, 0.2) is 5.76 Å². The molecule has 33 heavy (non-hydrogen) atoms. The van der Waals surface area contributed by atoms with Crippen LogP contribution in [-0.4, -0.2) is 40.0 Å². The van der Waals surface area contributed by atoms with Crippen LogP contribution in [0, 0.1) is 29.2 Å². The number of allylic oxidation sites excluding steroid dienone is 1. The van der Waals surface area contributed by atoms with Gasteiger partial charge in [0.1, 0.15) is 5.69 Å². The predicted octanol–water partition coefficient (Wildman–Crippen LogP) is 2.55. The summed E-state index contributed by atoms with van der Waals surface area (Å²) in [6.45, 7) is 8.88. The van der Waals surface area contributed by atoms with Gasteiger partial charge in [-0.15, -0.1) is 10.2 Å². The number of ether oxygens (including phenoxy) is 1. The number of nitrogens with one attached hydrogen (secondary N) is 2. The van der Waals surface area contributed by atoms with Gasteiger partial charge in [0.2, 0.25) is 21.9 Å². The Morgan fingerprint density at radius 1 is 1.36 bits per heavy atom. The Morgan fingerprint density at radius 3 is 2.70 bits per heavy atom. The number of carbonyl (C=O) groups excluding carboxylic acids is 1. The van der Waals surface area contributed by atoms with Crippen LogP contribution in [-0.2, 0) is 0 Å². The molecule has 3 N–H and O–H groups in total. The van der Waals surface area contributed by atoms with Crippen molar-refractivity contribution in [3.63, 3.8) is 0 Å². The van der Waals surface area contributed by atoms with Gasteiger partial charge in [-0.2, -0.15) is 5.10 Å². The number of anilines is 4.